The number of carbonyl (C=O) groups excluding carboxylic acids is 2. The summed E-state index contributed by atoms with van der Waals surface area (Å²) in [5.74, 6) is -0.0491. The van der Waals surface area contributed by atoms with Crippen LogP contribution in [0.5, 0.6) is 0 Å². The molecule has 32 heavy (non-hydrogen) atoms. The van der Waals surface area contributed by atoms with E-state index in [1.165, 1.54) is 5.56 Å². The first-order chi connectivity index (χ1) is 15.0. The van der Waals surface area contributed by atoms with Gasteiger partial charge >= 0.3 is 0 Å². The van der Waals surface area contributed by atoms with E-state index in [0.717, 1.165) is 10.6 Å². The summed E-state index contributed by atoms with van der Waals surface area (Å²) in [5.41, 5.74) is 1.57. The van der Waals surface area contributed by atoms with Crippen molar-refractivity contribution in [2.24, 2.45) is 0 Å². The molecule has 0 radical (unpaired) electrons. The number of nitrogens with one attached hydrogen (secondary N) is 1. The summed E-state index contributed by atoms with van der Waals surface area (Å²) in [6.45, 7) is 12.2. The molecule has 0 aliphatic carbocycles. The Balaban J connectivity index is 1.82. The molecule has 0 fully saturated rings. The van der Waals surface area contributed by atoms with Crippen LogP contribution in [0.2, 0.25) is 0 Å². The molecule has 0 saturated carbocycles. The van der Waals surface area contributed by atoms with Crippen molar-refractivity contribution in [1.82, 2.24) is 15.1 Å². The van der Waals surface area contributed by atoms with E-state index in [2.05, 4.69) is 24.3 Å². The SMILES string of the molecule is CC(C)c1ccc(N2C(=O)c3cc(-c4cccs4)nn3C[C@]2(C)C(=O)NC(C)(C)C)cc1. The quantitative estimate of drug-likeness (QED) is 0.603. The first-order valence-electron chi connectivity index (χ1n) is 10.9. The molecular formula is C25H30N4O2S. The van der Waals surface area contributed by atoms with Crippen LogP contribution in [0.15, 0.2) is 47.8 Å². The number of benzene rings is 1. The van der Waals surface area contributed by atoms with Gasteiger partial charge in [0.05, 0.1) is 11.4 Å². The number of hydrogen-bond acceptors (Lipinski definition) is 4. The summed E-state index contributed by atoms with van der Waals surface area (Å²) in [7, 11) is 0. The zero-order valence-electron chi connectivity index (χ0n) is 19.5. The van der Waals surface area contributed by atoms with Crippen molar-refractivity contribution in [2.75, 3.05) is 4.90 Å². The minimum absolute atomic E-state index is 0.204. The maximum absolute atomic E-state index is 13.8. The van der Waals surface area contributed by atoms with Crippen LogP contribution in [-0.4, -0.2) is 32.7 Å². The molecule has 2 amide bonds. The molecule has 168 valence electrons. The summed E-state index contributed by atoms with van der Waals surface area (Å²) in [4.78, 5) is 30.0. The van der Waals surface area contributed by atoms with E-state index < -0.39 is 11.1 Å². The van der Waals surface area contributed by atoms with E-state index in [1.54, 1.807) is 20.9 Å². The number of amides is 2. The Labute approximate surface area is 193 Å². The second-order valence-electron chi connectivity index (χ2n) is 9.91. The molecule has 1 aliphatic rings. The number of rotatable bonds is 4. The molecule has 3 aromatic rings. The smallest absolute Gasteiger partial charge is 0.277 e. The average Bonchev–Trinajstić information content (AvgIpc) is 3.36. The van der Waals surface area contributed by atoms with Crippen molar-refractivity contribution in [1.29, 1.82) is 0 Å². The van der Waals surface area contributed by atoms with Crippen LogP contribution in [0.4, 0.5) is 5.69 Å². The first-order valence-corrected chi connectivity index (χ1v) is 11.8. The van der Waals surface area contributed by atoms with Crippen LogP contribution in [0, 0.1) is 0 Å². The van der Waals surface area contributed by atoms with Gasteiger partial charge < -0.3 is 5.32 Å². The number of thiophene rings is 1. The van der Waals surface area contributed by atoms with Gasteiger partial charge in [0.15, 0.2) is 0 Å². The van der Waals surface area contributed by atoms with Crippen LogP contribution >= 0.6 is 11.3 Å². The predicted octanol–water partition coefficient (Wildman–Crippen LogP) is 5.07. The summed E-state index contributed by atoms with van der Waals surface area (Å²) < 4.78 is 1.68. The zero-order chi connectivity index (χ0) is 23.3. The molecule has 0 unspecified atom stereocenters. The van der Waals surface area contributed by atoms with Gasteiger partial charge in [-0.2, -0.15) is 5.10 Å². The molecular weight excluding hydrogens is 420 g/mol. The maximum atomic E-state index is 13.8. The Morgan fingerprint density at radius 2 is 1.88 bits per heavy atom. The van der Waals surface area contributed by atoms with Gasteiger partial charge in [0, 0.05) is 11.2 Å². The lowest BCUT2D eigenvalue weighted by atomic mass is 9.92. The predicted molar refractivity (Wildman–Crippen MR) is 129 cm³/mol. The number of anilines is 1. The standard InChI is InChI=1S/C25H30N4O2S/c1-16(2)17-9-11-18(12-10-17)29-22(30)20-14-19(21-8-7-13-32-21)27-28(20)15-25(29,6)23(31)26-24(3,4)5/h7-14,16H,15H2,1-6H3,(H,26,31)/t25-/m1/s1. The van der Waals surface area contributed by atoms with Crippen molar-refractivity contribution in [3.05, 3.63) is 59.1 Å². The highest BCUT2D eigenvalue weighted by atomic mass is 32.1. The Hall–Kier alpha value is -2.93. The van der Waals surface area contributed by atoms with E-state index in [4.69, 9.17) is 0 Å². The zero-order valence-corrected chi connectivity index (χ0v) is 20.3. The molecule has 1 aromatic carbocycles. The van der Waals surface area contributed by atoms with Crippen LogP contribution in [0.1, 0.15) is 63.5 Å². The van der Waals surface area contributed by atoms with Crippen molar-refractivity contribution in [2.45, 2.75) is 65.1 Å². The lowest BCUT2D eigenvalue weighted by Gasteiger charge is -2.44. The highest BCUT2D eigenvalue weighted by Gasteiger charge is 2.49. The highest BCUT2D eigenvalue weighted by Crippen LogP contribution is 2.35. The van der Waals surface area contributed by atoms with Gasteiger partial charge in [-0.05, 0) is 68.8 Å². The number of aromatic nitrogens is 2. The van der Waals surface area contributed by atoms with Gasteiger partial charge in [-0.15, -0.1) is 11.3 Å². The Morgan fingerprint density at radius 1 is 1.19 bits per heavy atom. The lowest BCUT2D eigenvalue weighted by Crippen LogP contribution is -2.66. The van der Waals surface area contributed by atoms with Gasteiger partial charge in [-0.3, -0.25) is 19.2 Å². The van der Waals surface area contributed by atoms with Gasteiger partial charge in [0.2, 0.25) is 5.91 Å². The Bertz CT molecular complexity index is 1140. The molecule has 4 rings (SSSR count). The van der Waals surface area contributed by atoms with E-state index in [0.29, 0.717) is 17.3 Å². The Kier molecular flexibility index (Phi) is 5.49. The molecule has 7 heteroatoms. The van der Waals surface area contributed by atoms with E-state index in [-0.39, 0.29) is 18.4 Å². The van der Waals surface area contributed by atoms with Crippen molar-refractivity contribution in [3.63, 3.8) is 0 Å². The number of hydrogen-bond donors (Lipinski definition) is 1. The van der Waals surface area contributed by atoms with E-state index in [9.17, 15) is 9.59 Å². The van der Waals surface area contributed by atoms with Gasteiger partial charge in [-0.1, -0.05) is 32.0 Å². The van der Waals surface area contributed by atoms with Crippen LogP contribution in [-0.2, 0) is 11.3 Å². The lowest BCUT2D eigenvalue weighted by molar-refractivity contribution is -0.128. The average molecular weight is 451 g/mol. The summed E-state index contributed by atoms with van der Waals surface area (Å²) in [5, 5.41) is 9.74. The number of carbonyl (C=O) groups is 2. The number of fused-ring (bicyclic) bond motifs is 1. The Morgan fingerprint density at radius 3 is 2.44 bits per heavy atom. The largest absolute Gasteiger partial charge is 0.349 e. The third-order valence-electron chi connectivity index (χ3n) is 5.72. The molecule has 1 N–H and O–H groups in total. The highest BCUT2D eigenvalue weighted by molar-refractivity contribution is 7.13. The molecule has 6 nitrogen and oxygen atoms in total. The number of nitrogens with zero attached hydrogens (tertiary/aromatic N) is 3. The minimum atomic E-state index is -1.13. The summed E-state index contributed by atoms with van der Waals surface area (Å²) in [6.07, 6.45) is 0. The fraction of sp³-hybridized carbons (Fsp3) is 0.400. The molecule has 0 bridgehead atoms. The molecule has 0 saturated heterocycles. The summed E-state index contributed by atoms with van der Waals surface area (Å²) >= 11 is 1.58. The van der Waals surface area contributed by atoms with Gasteiger partial charge in [0.25, 0.3) is 5.91 Å². The fourth-order valence-electron chi connectivity index (χ4n) is 4.01. The fourth-order valence-corrected chi connectivity index (χ4v) is 4.70. The van der Waals surface area contributed by atoms with Crippen molar-refractivity contribution < 1.29 is 9.59 Å². The normalized spacial score (nSPS) is 18.7. The minimum Gasteiger partial charge on any atom is -0.349 e. The topological polar surface area (TPSA) is 67.2 Å². The monoisotopic (exact) mass is 450 g/mol. The summed E-state index contributed by atoms with van der Waals surface area (Å²) in [6, 6.07) is 13.7. The van der Waals surface area contributed by atoms with Crippen LogP contribution in [0.25, 0.3) is 10.6 Å². The van der Waals surface area contributed by atoms with Gasteiger partial charge in [-0.25, -0.2) is 0 Å². The third-order valence-corrected chi connectivity index (χ3v) is 6.61. The molecule has 3 heterocycles. The third kappa shape index (κ3) is 3.97. The van der Waals surface area contributed by atoms with Crippen molar-refractivity contribution in [3.8, 4) is 10.6 Å². The van der Waals surface area contributed by atoms with Crippen molar-refractivity contribution >= 4 is 28.8 Å². The first kappa shape index (κ1) is 22.3. The molecule has 1 atom stereocenters. The van der Waals surface area contributed by atoms with Gasteiger partial charge in [0.1, 0.15) is 16.9 Å². The van der Waals surface area contributed by atoms with Crippen LogP contribution in [0.3, 0.4) is 0 Å². The second kappa shape index (κ2) is 7.89. The second-order valence-corrected chi connectivity index (χ2v) is 10.9. The molecule has 0 spiro atoms. The maximum Gasteiger partial charge on any atom is 0.277 e. The molecule has 2 aromatic heterocycles. The van der Waals surface area contributed by atoms with E-state index >= 15 is 0 Å². The van der Waals surface area contributed by atoms with E-state index in [1.807, 2.05) is 75.5 Å². The molecule has 1 aliphatic heterocycles. The van der Waals surface area contributed by atoms with Crippen LogP contribution < -0.4 is 10.2 Å².